The van der Waals surface area contributed by atoms with Gasteiger partial charge < -0.3 is 13.6 Å². The molecule has 0 radical (unpaired) electrons. The molecule has 3 nitrogen and oxygen atoms in total. The molecule has 1 aliphatic carbocycles. The van der Waals surface area contributed by atoms with Gasteiger partial charge in [-0.05, 0) is 54.5 Å². The molecule has 6 aromatic carbocycles. The van der Waals surface area contributed by atoms with E-state index in [1.807, 2.05) is 6.07 Å². The molecule has 0 fully saturated rings. The Bertz CT molecular complexity index is 2640. The molecule has 9 aromatic rings. The molecule has 10 rings (SSSR count). The smallest absolute Gasteiger partial charge is 0.137 e. The Morgan fingerprint density at radius 2 is 1.05 bits per heavy atom. The predicted octanol–water partition coefficient (Wildman–Crippen LogP) is 11.1. The summed E-state index contributed by atoms with van der Waals surface area (Å²) in [5.74, 6) is 0. The Hall–Kier alpha value is -5.80. The Morgan fingerprint density at radius 1 is 0.455 bits per heavy atom. The molecule has 0 amide bonds. The summed E-state index contributed by atoms with van der Waals surface area (Å²) < 4.78 is 11.2. The topological polar surface area (TPSA) is 23.0 Å². The van der Waals surface area contributed by atoms with Crippen molar-refractivity contribution >= 4 is 76.8 Å². The van der Waals surface area contributed by atoms with E-state index < -0.39 is 0 Å². The molecule has 0 saturated carbocycles. The van der Waals surface area contributed by atoms with Crippen molar-refractivity contribution in [3.8, 4) is 5.69 Å². The van der Waals surface area contributed by atoms with Gasteiger partial charge in [0.15, 0.2) is 0 Å². The van der Waals surface area contributed by atoms with Gasteiger partial charge >= 0.3 is 0 Å². The molecule has 1 aliphatic rings. The highest BCUT2D eigenvalue weighted by atomic mass is 16.3. The van der Waals surface area contributed by atoms with Crippen LogP contribution >= 0.6 is 0 Å². The summed E-state index contributed by atoms with van der Waals surface area (Å²) in [5, 5.41) is 7.36. The van der Waals surface area contributed by atoms with Gasteiger partial charge in [-0.3, -0.25) is 0 Å². The van der Waals surface area contributed by atoms with Crippen LogP contribution < -0.4 is 0 Å². The molecule has 0 bridgehead atoms. The van der Waals surface area contributed by atoms with Crippen molar-refractivity contribution in [2.75, 3.05) is 0 Å². The third kappa shape index (κ3) is 3.21. The van der Waals surface area contributed by atoms with Crippen molar-refractivity contribution in [2.45, 2.75) is 6.42 Å². The molecular formula is C41H26N2O. The van der Waals surface area contributed by atoms with Crippen LogP contribution in [0.3, 0.4) is 0 Å². The third-order valence-corrected chi connectivity index (χ3v) is 9.35. The first kappa shape index (κ1) is 23.7. The summed E-state index contributed by atoms with van der Waals surface area (Å²) in [6.45, 7) is 0. The lowest BCUT2D eigenvalue weighted by molar-refractivity contribution is 0.669. The van der Waals surface area contributed by atoms with Gasteiger partial charge in [0.25, 0.3) is 0 Å². The molecule has 206 valence electrons. The minimum atomic E-state index is 0.873. The number of fused-ring (bicyclic) bond motifs is 9. The van der Waals surface area contributed by atoms with E-state index in [9.17, 15) is 0 Å². The van der Waals surface area contributed by atoms with Gasteiger partial charge in [-0.2, -0.15) is 0 Å². The second-order valence-corrected chi connectivity index (χ2v) is 11.7. The standard InChI is InChI=1S/C41H26N2O/c1-6-16-35(28(11-1)26-21-22-27(23-26)42-36-17-7-2-12-29(36)30-13-3-8-18-37(30)42)43-38-19-9-4-14-31(38)33-24-34-32-15-5-10-20-40(32)44-41(34)25-39(33)43/h1-20,22-25H,21H2. The first-order valence-electron chi connectivity index (χ1n) is 15.2. The molecule has 0 atom stereocenters. The van der Waals surface area contributed by atoms with Crippen LogP contribution in [0.15, 0.2) is 150 Å². The molecule has 0 saturated heterocycles. The van der Waals surface area contributed by atoms with E-state index in [0.29, 0.717) is 0 Å². The van der Waals surface area contributed by atoms with Gasteiger partial charge in [-0.1, -0.05) is 97.1 Å². The second kappa shape index (κ2) is 8.85. The van der Waals surface area contributed by atoms with E-state index in [0.717, 1.165) is 33.9 Å². The fraction of sp³-hybridized carbons (Fsp3) is 0.0244. The molecule has 0 N–H and O–H groups in total. The van der Waals surface area contributed by atoms with E-state index in [-0.39, 0.29) is 0 Å². The summed E-state index contributed by atoms with van der Waals surface area (Å²) in [4.78, 5) is 0. The maximum Gasteiger partial charge on any atom is 0.137 e. The van der Waals surface area contributed by atoms with Gasteiger partial charge in [0.05, 0.1) is 27.8 Å². The van der Waals surface area contributed by atoms with Crippen molar-refractivity contribution in [3.63, 3.8) is 0 Å². The van der Waals surface area contributed by atoms with Crippen molar-refractivity contribution in [1.29, 1.82) is 0 Å². The number of benzene rings is 6. The number of aromatic nitrogens is 2. The fourth-order valence-corrected chi connectivity index (χ4v) is 7.44. The Morgan fingerprint density at radius 3 is 1.80 bits per heavy atom. The van der Waals surface area contributed by atoms with Crippen LogP contribution in [-0.4, -0.2) is 9.13 Å². The zero-order valence-electron chi connectivity index (χ0n) is 23.9. The minimum Gasteiger partial charge on any atom is -0.456 e. The van der Waals surface area contributed by atoms with E-state index in [4.69, 9.17) is 4.42 Å². The summed E-state index contributed by atoms with van der Waals surface area (Å²) >= 11 is 0. The number of hydrogen-bond donors (Lipinski definition) is 0. The first-order valence-corrected chi connectivity index (χ1v) is 15.2. The van der Waals surface area contributed by atoms with Crippen molar-refractivity contribution in [1.82, 2.24) is 9.13 Å². The quantitative estimate of drug-likeness (QED) is 0.210. The minimum absolute atomic E-state index is 0.873. The Balaban J connectivity index is 1.20. The molecule has 0 spiro atoms. The average molecular weight is 563 g/mol. The molecular weight excluding hydrogens is 536 g/mol. The number of furan rings is 1. The van der Waals surface area contributed by atoms with Crippen LogP contribution in [-0.2, 0) is 0 Å². The molecule has 3 heteroatoms. The van der Waals surface area contributed by atoms with Crippen molar-refractivity contribution in [2.24, 2.45) is 0 Å². The van der Waals surface area contributed by atoms with Crippen molar-refractivity contribution < 1.29 is 4.42 Å². The highest BCUT2D eigenvalue weighted by molar-refractivity contribution is 6.17. The number of para-hydroxylation sites is 5. The number of nitrogens with zero attached hydrogens (tertiary/aromatic N) is 2. The maximum absolute atomic E-state index is 6.37. The largest absolute Gasteiger partial charge is 0.456 e. The first-order chi connectivity index (χ1) is 21.8. The van der Waals surface area contributed by atoms with Crippen LogP contribution in [0, 0.1) is 0 Å². The van der Waals surface area contributed by atoms with Crippen LogP contribution in [0.1, 0.15) is 12.0 Å². The van der Waals surface area contributed by atoms with Crippen LogP contribution in [0.25, 0.3) is 82.5 Å². The van der Waals surface area contributed by atoms with Gasteiger partial charge in [0, 0.05) is 49.6 Å². The summed E-state index contributed by atoms with van der Waals surface area (Å²) in [5.41, 5.74) is 11.6. The number of allylic oxidation sites excluding steroid dienone is 4. The zero-order chi connectivity index (χ0) is 28.8. The number of rotatable bonds is 3. The van der Waals surface area contributed by atoms with Gasteiger partial charge in [-0.25, -0.2) is 0 Å². The normalized spacial score (nSPS) is 13.6. The highest BCUT2D eigenvalue weighted by Crippen LogP contribution is 2.42. The van der Waals surface area contributed by atoms with Gasteiger partial charge in [0.1, 0.15) is 11.2 Å². The maximum atomic E-state index is 6.37. The summed E-state index contributed by atoms with van der Waals surface area (Å²) in [6.07, 6.45) is 5.62. The fourth-order valence-electron chi connectivity index (χ4n) is 7.44. The third-order valence-electron chi connectivity index (χ3n) is 9.35. The average Bonchev–Trinajstić information content (AvgIpc) is 3.84. The van der Waals surface area contributed by atoms with Crippen LogP contribution in [0.2, 0.25) is 0 Å². The van der Waals surface area contributed by atoms with Crippen LogP contribution in [0.5, 0.6) is 0 Å². The van der Waals surface area contributed by atoms with Crippen LogP contribution in [0.4, 0.5) is 0 Å². The molecule has 0 unspecified atom stereocenters. The SMILES string of the molecule is C1=C(c2ccccc2-n2c3ccccc3c3cc4c(cc32)oc2ccccc24)CC=C1n1c2ccccc2c2ccccc21. The highest BCUT2D eigenvalue weighted by Gasteiger charge is 2.21. The van der Waals surface area contributed by atoms with Gasteiger partial charge in [-0.15, -0.1) is 0 Å². The zero-order valence-corrected chi connectivity index (χ0v) is 23.9. The summed E-state index contributed by atoms with van der Waals surface area (Å²) in [7, 11) is 0. The molecule has 3 heterocycles. The Labute approximate surface area is 253 Å². The van der Waals surface area contributed by atoms with E-state index in [2.05, 4.69) is 149 Å². The van der Waals surface area contributed by atoms with Gasteiger partial charge in [0.2, 0.25) is 0 Å². The van der Waals surface area contributed by atoms with E-state index >= 15 is 0 Å². The Kier molecular flexibility index (Phi) is 4.77. The molecule has 44 heavy (non-hydrogen) atoms. The lowest BCUT2D eigenvalue weighted by Gasteiger charge is -2.14. The number of hydrogen-bond acceptors (Lipinski definition) is 1. The molecule has 3 aromatic heterocycles. The lowest BCUT2D eigenvalue weighted by atomic mass is 10.0. The lowest BCUT2D eigenvalue weighted by Crippen LogP contribution is -1.99. The second-order valence-electron chi connectivity index (χ2n) is 11.7. The van der Waals surface area contributed by atoms with E-state index in [1.165, 1.54) is 60.6 Å². The summed E-state index contributed by atoms with van der Waals surface area (Å²) in [6, 6.07) is 47.9. The van der Waals surface area contributed by atoms with Crippen molar-refractivity contribution in [3.05, 3.63) is 151 Å². The predicted molar refractivity (Wildman–Crippen MR) is 184 cm³/mol. The monoisotopic (exact) mass is 562 g/mol. The van der Waals surface area contributed by atoms with E-state index in [1.54, 1.807) is 0 Å². The molecule has 0 aliphatic heterocycles.